The molecule has 0 saturated carbocycles. The van der Waals surface area contributed by atoms with Crippen molar-refractivity contribution >= 4 is 21.6 Å². The number of sulfonamides is 1. The van der Waals surface area contributed by atoms with E-state index in [0.29, 0.717) is 19.6 Å². The molecular formula is C30H36FN3O6S. The Morgan fingerprint density at radius 2 is 1.83 bits per heavy atom. The zero-order chi connectivity index (χ0) is 29.7. The van der Waals surface area contributed by atoms with Gasteiger partial charge in [-0.1, -0.05) is 25.1 Å². The number of nitrogens with zero attached hydrogens (tertiary/aromatic N) is 2. The van der Waals surface area contributed by atoms with Crippen molar-refractivity contribution in [3.63, 3.8) is 0 Å². The number of para-hydroxylation sites is 1. The van der Waals surface area contributed by atoms with Crippen molar-refractivity contribution < 1.29 is 32.2 Å². The highest BCUT2D eigenvalue weighted by molar-refractivity contribution is 7.92. The summed E-state index contributed by atoms with van der Waals surface area (Å²) in [6.07, 6.45) is -0.435. The topological polar surface area (TPSA) is 108 Å². The van der Waals surface area contributed by atoms with Gasteiger partial charge >= 0.3 is 0 Å². The quantitative estimate of drug-likeness (QED) is 0.371. The summed E-state index contributed by atoms with van der Waals surface area (Å²) in [5.41, 5.74) is 1.35. The zero-order valence-electron chi connectivity index (χ0n) is 23.6. The van der Waals surface area contributed by atoms with E-state index in [1.165, 1.54) is 18.2 Å². The summed E-state index contributed by atoms with van der Waals surface area (Å²) < 4.78 is 54.1. The minimum Gasteiger partial charge on any atom is -0.497 e. The summed E-state index contributed by atoms with van der Waals surface area (Å²) in [6, 6.07) is 16.4. The molecule has 0 aliphatic carbocycles. The number of anilines is 1. The number of benzene rings is 3. The van der Waals surface area contributed by atoms with Gasteiger partial charge in [0.2, 0.25) is 0 Å². The molecule has 9 nitrogen and oxygen atoms in total. The monoisotopic (exact) mass is 585 g/mol. The first-order valence-corrected chi connectivity index (χ1v) is 14.8. The second-order valence-corrected chi connectivity index (χ2v) is 12.1. The number of hydrogen-bond donors (Lipinski definition) is 2. The van der Waals surface area contributed by atoms with E-state index in [0.717, 1.165) is 23.4 Å². The molecule has 1 aliphatic heterocycles. The van der Waals surface area contributed by atoms with Crippen molar-refractivity contribution in [2.24, 2.45) is 5.92 Å². The largest absolute Gasteiger partial charge is 0.497 e. The van der Waals surface area contributed by atoms with Gasteiger partial charge in [-0.3, -0.25) is 14.4 Å². The molecule has 0 saturated heterocycles. The Morgan fingerprint density at radius 1 is 1.15 bits per heavy atom. The minimum absolute atomic E-state index is 0.0914. The van der Waals surface area contributed by atoms with Gasteiger partial charge in [-0.05, 0) is 68.1 Å². The van der Waals surface area contributed by atoms with E-state index in [4.69, 9.17) is 9.47 Å². The van der Waals surface area contributed by atoms with Gasteiger partial charge in [-0.15, -0.1) is 0 Å². The van der Waals surface area contributed by atoms with E-state index >= 15 is 0 Å². The molecule has 1 heterocycles. The second-order valence-electron chi connectivity index (χ2n) is 10.4. The molecule has 11 heteroatoms. The molecule has 3 atom stereocenters. The van der Waals surface area contributed by atoms with E-state index in [-0.39, 0.29) is 40.3 Å². The fourth-order valence-corrected chi connectivity index (χ4v) is 5.84. The summed E-state index contributed by atoms with van der Waals surface area (Å²) in [6.45, 7) is 4.94. The van der Waals surface area contributed by atoms with Crippen LogP contribution in [0.15, 0.2) is 71.6 Å². The Labute approximate surface area is 240 Å². The average Bonchev–Trinajstić information content (AvgIpc) is 2.95. The number of likely N-dealkylation sites (N-methyl/N-ethyl adjacent to an activating group) is 1. The number of fused-ring (bicyclic) bond motifs is 1. The number of carbonyl (C=O) groups excluding carboxylic acids is 1. The van der Waals surface area contributed by atoms with Crippen LogP contribution >= 0.6 is 0 Å². The van der Waals surface area contributed by atoms with Crippen molar-refractivity contribution in [1.29, 1.82) is 0 Å². The standard InChI is InChI=1S/C30H36FN3O6S/c1-20-16-34(21(2)19-35)30(36)26-6-5-7-27(32-41(37,38)25-14-10-23(31)11-15-25)29(26)40-28(20)18-33(3)17-22-8-12-24(39-4)13-9-22/h5-15,20-21,28,32,35H,16-19H2,1-4H3/t20-,21-,28+/m0/s1. The van der Waals surface area contributed by atoms with Crippen molar-refractivity contribution in [3.8, 4) is 11.5 Å². The average molecular weight is 586 g/mol. The number of hydrogen-bond acceptors (Lipinski definition) is 7. The molecule has 0 bridgehead atoms. The molecule has 0 fully saturated rings. The number of methoxy groups -OCH3 is 1. The first kappa shape index (κ1) is 30.3. The Bertz CT molecular complexity index is 1450. The molecule has 1 amide bonds. The molecule has 1 aliphatic rings. The summed E-state index contributed by atoms with van der Waals surface area (Å²) in [5, 5.41) is 9.91. The molecule has 2 N–H and O–H groups in total. The highest BCUT2D eigenvalue weighted by atomic mass is 32.2. The van der Waals surface area contributed by atoms with Crippen LogP contribution in [0.2, 0.25) is 0 Å². The van der Waals surface area contributed by atoms with Crippen LogP contribution in [0.25, 0.3) is 0 Å². The van der Waals surface area contributed by atoms with Gasteiger partial charge in [-0.25, -0.2) is 12.8 Å². The number of ether oxygens (including phenoxy) is 2. The lowest BCUT2D eigenvalue weighted by Crippen LogP contribution is -2.49. The highest BCUT2D eigenvalue weighted by Crippen LogP contribution is 2.36. The minimum atomic E-state index is -4.12. The maximum atomic E-state index is 13.7. The highest BCUT2D eigenvalue weighted by Gasteiger charge is 2.35. The van der Waals surface area contributed by atoms with Crippen LogP contribution in [-0.2, 0) is 16.6 Å². The fraction of sp³-hybridized carbons (Fsp3) is 0.367. The third-order valence-corrected chi connectivity index (χ3v) is 8.54. The van der Waals surface area contributed by atoms with Crippen molar-refractivity contribution in [3.05, 3.63) is 83.7 Å². The maximum Gasteiger partial charge on any atom is 0.262 e. The summed E-state index contributed by atoms with van der Waals surface area (Å²) in [7, 11) is -0.542. The van der Waals surface area contributed by atoms with E-state index in [1.807, 2.05) is 38.2 Å². The van der Waals surface area contributed by atoms with Crippen LogP contribution in [-0.4, -0.2) is 75.2 Å². The first-order chi connectivity index (χ1) is 19.5. The van der Waals surface area contributed by atoms with Crippen LogP contribution in [0.4, 0.5) is 10.1 Å². The van der Waals surface area contributed by atoms with Crippen LogP contribution in [0.5, 0.6) is 11.5 Å². The number of carbonyl (C=O) groups is 1. The van der Waals surface area contributed by atoms with Gasteiger partial charge in [-0.2, -0.15) is 0 Å². The molecule has 0 radical (unpaired) electrons. The smallest absolute Gasteiger partial charge is 0.262 e. The Morgan fingerprint density at radius 3 is 2.46 bits per heavy atom. The lowest BCUT2D eigenvalue weighted by atomic mass is 9.99. The second kappa shape index (κ2) is 12.9. The van der Waals surface area contributed by atoms with Crippen LogP contribution in [0.3, 0.4) is 0 Å². The van der Waals surface area contributed by atoms with Crippen molar-refractivity contribution in [1.82, 2.24) is 9.80 Å². The number of aliphatic hydroxyl groups is 1. The molecule has 220 valence electrons. The molecule has 0 spiro atoms. The molecule has 3 aromatic carbocycles. The molecule has 41 heavy (non-hydrogen) atoms. The van der Waals surface area contributed by atoms with E-state index in [1.54, 1.807) is 31.1 Å². The first-order valence-electron chi connectivity index (χ1n) is 13.3. The SMILES string of the molecule is COc1ccc(CN(C)C[C@H]2Oc3c(NS(=O)(=O)c4ccc(F)cc4)cccc3C(=O)N([C@@H](C)CO)C[C@@H]2C)cc1. The Kier molecular flexibility index (Phi) is 9.52. The van der Waals surface area contributed by atoms with Gasteiger partial charge in [0.25, 0.3) is 15.9 Å². The zero-order valence-corrected chi connectivity index (χ0v) is 24.4. The van der Waals surface area contributed by atoms with E-state index < -0.39 is 28.0 Å². The van der Waals surface area contributed by atoms with Crippen LogP contribution in [0.1, 0.15) is 29.8 Å². The van der Waals surface area contributed by atoms with E-state index in [9.17, 15) is 22.7 Å². The number of amides is 1. The summed E-state index contributed by atoms with van der Waals surface area (Å²) in [4.78, 5) is 17.2. The Balaban J connectivity index is 1.68. The van der Waals surface area contributed by atoms with Crippen molar-refractivity contribution in [2.45, 2.75) is 37.4 Å². The third-order valence-electron chi connectivity index (χ3n) is 7.16. The molecule has 0 aromatic heterocycles. The van der Waals surface area contributed by atoms with Crippen LogP contribution in [0, 0.1) is 11.7 Å². The molecule has 3 aromatic rings. The van der Waals surface area contributed by atoms with Gasteiger partial charge in [0.05, 0.1) is 35.9 Å². The normalized spacial score (nSPS) is 18.2. The Hall–Kier alpha value is -3.67. The summed E-state index contributed by atoms with van der Waals surface area (Å²) >= 11 is 0. The molecule has 4 rings (SSSR count). The number of halogens is 1. The van der Waals surface area contributed by atoms with Crippen molar-refractivity contribution in [2.75, 3.05) is 38.6 Å². The van der Waals surface area contributed by atoms with Gasteiger partial charge in [0.1, 0.15) is 17.7 Å². The summed E-state index contributed by atoms with van der Waals surface area (Å²) in [5.74, 6) is -0.227. The molecule has 0 unspecified atom stereocenters. The van der Waals surface area contributed by atoms with E-state index in [2.05, 4.69) is 9.62 Å². The van der Waals surface area contributed by atoms with Crippen LogP contribution < -0.4 is 14.2 Å². The number of aliphatic hydroxyl groups excluding tert-OH is 1. The maximum absolute atomic E-state index is 13.7. The lowest BCUT2D eigenvalue weighted by molar-refractivity contribution is 0.0344. The predicted octanol–water partition coefficient (Wildman–Crippen LogP) is 3.99. The fourth-order valence-electron chi connectivity index (χ4n) is 4.77. The number of nitrogens with one attached hydrogen (secondary N) is 1. The number of rotatable bonds is 10. The lowest BCUT2D eigenvalue weighted by Gasteiger charge is -2.38. The van der Waals surface area contributed by atoms with Gasteiger partial charge < -0.3 is 19.5 Å². The van der Waals surface area contributed by atoms with Gasteiger partial charge in [0.15, 0.2) is 5.75 Å². The third kappa shape index (κ3) is 7.16. The predicted molar refractivity (Wildman–Crippen MR) is 154 cm³/mol. The van der Waals surface area contributed by atoms with Gasteiger partial charge in [0, 0.05) is 25.6 Å². The molecular weight excluding hydrogens is 549 g/mol.